The van der Waals surface area contributed by atoms with Gasteiger partial charge in [-0.25, -0.2) is 0 Å². The monoisotopic (exact) mass is 390 g/mol. The van der Waals surface area contributed by atoms with Crippen molar-refractivity contribution in [3.63, 3.8) is 0 Å². The van der Waals surface area contributed by atoms with E-state index >= 15 is 0 Å². The number of rotatable bonds is 6. The first-order valence-corrected chi connectivity index (χ1v) is 8.65. The molecule has 2 N–H and O–H groups in total. The summed E-state index contributed by atoms with van der Waals surface area (Å²) in [4.78, 5) is 14.7. The molecule has 0 spiro atoms. The van der Waals surface area contributed by atoms with Crippen molar-refractivity contribution < 1.29 is 9.53 Å². The molecule has 5 heteroatoms. The van der Waals surface area contributed by atoms with E-state index in [0.29, 0.717) is 13.1 Å². The second kappa shape index (κ2) is 7.81. The first-order chi connectivity index (χ1) is 11.4. The Morgan fingerprint density at radius 2 is 1.75 bits per heavy atom. The summed E-state index contributed by atoms with van der Waals surface area (Å²) in [5, 5.41) is 0. The van der Waals surface area contributed by atoms with Crippen molar-refractivity contribution in [3.05, 3.63) is 64.1 Å². The van der Waals surface area contributed by atoms with Gasteiger partial charge in [-0.05, 0) is 49.2 Å². The Hall–Kier alpha value is -1.85. The number of nitrogens with two attached hydrogens (primary N) is 1. The number of carbonyl (C=O) groups excluding carboxylic acids is 1. The van der Waals surface area contributed by atoms with E-state index < -0.39 is 5.54 Å². The fourth-order valence-electron chi connectivity index (χ4n) is 2.53. The molecule has 0 heterocycles. The lowest BCUT2D eigenvalue weighted by Crippen LogP contribution is -2.50. The Morgan fingerprint density at radius 3 is 2.25 bits per heavy atom. The number of amides is 1. The highest BCUT2D eigenvalue weighted by molar-refractivity contribution is 9.10. The van der Waals surface area contributed by atoms with Crippen LogP contribution in [0.3, 0.4) is 0 Å². The molecule has 0 bridgehead atoms. The van der Waals surface area contributed by atoms with Gasteiger partial charge in [0.25, 0.3) is 0 Å². The summed E-state index contributed by atoms with van der Waals surface area (Å²) in [6.07, 6.45) is 0. The highest BCUT2D eigenvalue weighted by Gasteiger charge is 2.34. The Bertz CT molecular complexity index is 682. The number of nitrogens with zero attached hydrogens (tertiary/aromatic N) is 1. The highest BCUT2D eigenvalue weighted by Crippen LogP contribution is 2.24. The zero-order valence-electron chi connectivity index (χ0n) is 14.3. The van der Waals surface area contributed by atoms with Crippen LogP contribution in [0.2, 0.25) is 0 Å². The normalized spacial score (nSPS) is 13.2. The van der Waals surface area contributed by atoms with Gasteiger partial charge in [0.1, 0.15) is 11.3 Å². The fourth-order valence-corrected chi connectivity index (χ4v) is 2.79. The van der Waals surface area contributed by atoms with Gasteiger partial charge in [-0.2, -0.15) is 0 Å². The standard InChI is InChI=1S/C19H23BrN2O2/c1-4-22(13-14-5-11-17(24-3)12-6-14)18(23)19(2,21)15-7-9-16(20)10-8-15/h5-12H,4,13,21H2,1-3H3. The molecular formula is C19H23BrN2O2. The van der Waals surface area contributed by atoms with Crippen LogP contribution in [0.1, 0.15) is 25.0 Å². The Balaban J connectivity index is 2.18. The van der Waals surface area contributed by atoms with Crippen molar-refractivity contribution in [2.24, 2.45) is 5.73 Å². The summed E-state index contributed by atoms with van der Waals surface area (Å²) in [5.41, 5.74) is 7.15. The van der Waals surface area contributed by atoms with E-state index in [1.165, 1.54) is 0 Å². The summed E-state index contributed by atoms with van der Waals surface area (Å²) in [6.45, 7) is 4.82. The molecule has 0 saturated heterocycles. The van der Waals surface area contributed by atoms with Gasteiger partial charge < -0.3 is 15.4 Å². The number of carbonyl (C=O) groups is 1. The lowest BCUT2D eigenvalue weighted by molar-refractivity contribution is -0.137. The molecule has 128 valence electrons. The molecular weight excluding hydrogens is 368 g/mol. The first-order valence-electron chi connectivity index (χ1n) is 7.85. The number of methoxy groups -OCH3 is 1. The maximum absolute atomic E-state index is 13.0. The van der Waals surface area contributed by atoms with Crippen LogP contribution in [0.15, 0.2) is 53.0 Å². The van der Waals surface area contributed by atoms with Crippen molar-refractivity contribution in [3.8, 4) is 5.75 Å². The minimum atomic E-state index is -1.07. The topological polar surface area (TPSA) is 55.6 Å². The number of benzene rings is 2. The van der Waals surface area contributed by atoms with Gasteiger partial charge in [0.05, 0.1) is 7.11 Å². The summed E-state index contributed by atoms with van der Waals surface area (Å²) >= 11 is 3.40. The number of halogens is 1. The molecule has 1 unspecified atom stereocenters. The predicted molar refractivity (Wildman–Crippen MR) is 99.8 cm³/mol. The first kappa shape index (κ1) is 18.5. The van der Waals surface area contributed by atoms with E-state index in [-0.39, 0.29) is 5.91 Å². The number of ether oxygens (including phenoxy) is 1. The molecule has 1 atom stereocenters. The molecule has 2 aromatic rings. The maximum atomic E-state index is 13.0. The SMILES string of the molecule is CCN(Cc1ccc(OC)cc1)C(=O)C(C)(N)c1ccc(Br)cc1. The second-order valence-electron chi connectivity index (χ2n) is 5.88. The predicted octanol–water partition coefficient (Wildman–Crippen LogP) is 3.68. The van der Waals surface area contributed by atoms with Crippen molar-refractivity contribution in [1.29, 1.82) is 0 Å². The van der Waals surface area contributed by atoms with Crippen LogP contribution in [0.5, 0.6) is 5.75 Å². The van der Waals surface area contributed by atoms with Gasteiger partial charge in [0, 0.05) is 17.6 Å². The zero-order valence-corrected chi connectivity index (χ0v) is 15.8. The molecule has 0 aliphatic rings. The van der Waals surface area contributed by atoms with Crippen LogP contribution in [0.25, 0.3) is 0 Å². The molecule has 0 saturated carbocycles. The van der Waals surface area contributed by atoms with Crippen molar-refractivity contribution in [1.82, 2.24) is 4.90 Å². The summed E-state index contributed by atoms with van der Waals surface area (Å²) in [7, 11) is 1.63. The van der Waals surface area contributed by atoms with Crippen LogP contribution in [-0.4, -0.2) is 24.5 Å². The van der Waals surface area contributed by atoms with Crippen molar-refractivity contribution in [2.75, 3.05) is 13.7 Å². The van der Waals surface area contributed by atoms with Gasteiger partial charge in [0.15, 0.2) is 0 Å². The van der Waals surface area contributed by atoms with E-state index in [1.807, 2.05) is 55.5 Å². The Kier molecular flexibility index (Phi) is 6.02. The smallest absolute Gasteiger partial charge is 0.247 e. The molecule has 24 heavy (non-hydrogen) atoms. The average molecular weight is 391 g/mol. The van der Waals surface area contributed by atoms with E-state index in [1.54, 1.807) is 18.9 Å². The molecule has 2 rings (SSSR count). The fraction of sp³-hybridized carbons (Fsp3) is 0.316. The van der Waals surface area contributed by atoms with E-state index in [0.717, 1.165) is 21.3 Å². The van der Waals surface area contributed by atoms with Gasteiger partial charge in [0.2, 0.25) is 5.91 Å². The largest absolute Gasteiger partial charge is 0.497 e. The Labute approximate surface area is 151 Å². The van der Waals surface area contributed by atoms with Crippen molar-refractivity contribution in [2.45, 2.75) is 25.9 Å². The third-order valence-electron chi connectivity index (χ3n) is 4.09. The highest BCUT2D eigenvalue weighted by atomic mass is 79.9. The average Bonchev–Trinajstić information content (AvgIpc) is 2.60. The molecule has 0 aromatic heterocycles. The van der Waals surface area contributed by atoms with E-state index in [4.69, 9.17) is 10.5 Å². The minimum absolute atomic E-state index is 0.0943. The maximum Gasteiger partial charge on any atom is 0.247 e. The zero-order chi connectivity index (χ0) is 17.7. The molecule has 4 nitrogen and oxygen atoms in total. The minimum Gasteiger partial charge on any atom is -0.497 e. The molecule has 0 radical (unpaired) electrons. The quantitative estimate of drug-likeness (QED) is 0.818. The molecule has 0 fully saturated rings. The van der Waals surface area contributed by atoms with Crippen LogP contribution in [0, 0.1) is 0 Å². The van der Waals surface area contributed by atoms with Crippen LogP contribution < -0.4 is 10.5 Å². The molecule has 1 amide bonds. The summed E-state index contributed by atoms with van der Waals surface area (Å²) in [6, 6.07) is 15.3. The van der Waals surface area contributed by atoms with Crippen LogP contribution in [0.4, 0.5) is 0 Å². The second-order valence-corrected chi connectivity index (χ2v) is 6.79. The Morgan fingerprint density at radius 1 is 1.17 bits per heavy atom. The van der Waals surface area contributed by atoms with Gasteiger partial charge in [-0.1, -0.05) is 40.2 Å². The number of likely N-dealkylation sites (N-methyl/N-ethyl adjacent to an activating group) is 1. The third-order valence-corrected chi connectivity index (χ3v) is 4.62. The van der Waals surface area contributed by atoms with E-state index in [2.05, 4.69) is 15.9 Å². The van der Waals surface area contributed by atoms with Crippen LogP contribution >= 0.6 is 15.9 Å². The van der Waals surface area contributed by atoms with Gasteiger partial charge >= 0.3 is 0 Å². The lowest BCUT2D eigenvalue weighted by atomic mass is 9.91. The number of hydrogen-bond acceptors (Lipinski definition) is 3. The van der Waals surface area contributed by atoms with Gasteiger partial charge in [-0.3, -0.25) is 4.79 Å². The molecule has 0 aliphatic heterocycles. The summed E-state index contributed by atoms with van der Waals surface area (Å²) < 4.78 is 6.12. The lowest BCUT2D eigenvalue weighted by Gasteiger charge is -2.31. The molecule has 2 aromatic carbocycles. The van der Waals surface area contributed by atoms with Crippen molar-refractivity contribution >= 4 is 21.8 Å². The number of hydrogen-bond donors (Lipinski definition) is 1. The third kappa shape index (κ3) is 4.16. The van der Waals surface area contributed by atoms with E-state index in [9.17, 15) is 4.79 Å². The van der Waals surface area contributed by atoms with Gasteiger partial charge in [-0.15, -0.1) is 0 Å². The molecule has 0 aliphatic carbocycles. The summed E-state index contributed by atoms with van der Waals surface area (Å²) in [5.74, 6) is 0.704. The van der Waals surface area contributed by atoms with Crippen LogP contribution in [-0.2, 0) is 16.9 Å².